The van der Waals surface area contributed by atoms with Gasteiger partial charge in [-0.25, -0.2) is 0 Å². The van der Waals surface area contributed by atoms with Crippen LogP contribution < -0.4 is 5.32 Å². The van der Waals surface area contributed by atoms with Crippen molar-refractivity contribution in [3.8, 4) is 0 Å². The third-order valence-corrected chi connectivity index (χ3v) is 6.57. The number of rotatable bonds is 2. The molecule has 1 aromatic heterocycles. The predicted octanol–water partition coefficient (Wildman–Crippen LogP) is 1.95. The summed E-state index contributed by atoms with van der Waals surface area (Å²) in [5, 5.41) is 7.98. The zero-order valence-electron chi connectivity index (χ0n) is 12.1. The summed E-state index contributed by atoms with van der Waals surface area (Å²) in [6.07, 6.45) is 5.85. The zero-order chi connectivity index (χ0) is 14.0. The molecule has 1 aliphatic carbocycles. The Morgan fingerprint density at radius 1 is 1.24 bits per heavy atom. The van der Waals surface area contributed by atoms with Gasteiger partial charge in [0.2, 0.25) is 5.91 Å². The number of carbonyl (C=O) groups is 1. The standard InChI is InChI=1S/C16H21N3OS/c20-15-16(5-6-16)17-14(11-4-9-21-10-11)19(15)13-3-8-18-7-1-2-12(13)18/h4,9-10,12-14,17H,1-3,5-8H2. The minimum absolute atomic E-state index is 0.108. The Morgan fingerprint density at radius 2 is 2.14 bits per heavy atom. The maximum absolute atomic E-state index is 13.0. The van der Waals surface area contributed by atoms with Crippen molar-refractivity contribution < 1.29 is 4.79 Å². The van der Waals surface area contributed by atoms with E-state index >= 15 is 0 Å². The molecule has 1 amide bonds. The minimum atomic E-state index is -0.210. The molecule has 1 saturated carbocycles. The smallest absolute Gasteiger partial charge is 0.244 e. The van der Waals surface area contributed by atoms with Crippen LogP contribution in [0.1, 0.15) is 43.8 Å². The monoisotopic (exact) mass is 303 g/mol. The summed E-state index contributed by atoms with van der Waals surface area (Å²) >= 11 is 1.72. The van der Waals surface area contributed by atoms with Crippen molar-refractivity contribution in [3.63, 3.8) is 0 Å². The molecule has 4 fully saturated rings. The topological polar surface area (TPSA) is 35.6 Å². The lowest BCUT2D eigenvalue weighted by molar-refractivity contribution is -0.133. The second-order valence-electron chi connectivity index (χ2n) is 7.00. The summed E-state index contributed by atoms with van der Waals surface area (Å²) in [6.45, 7) is 2.40. The Labute approximate surface area is 129 Å². The number of hydrogen-bond donors (Lipinski definition) is 1. The van der Waals surface area contributed by atoms with Crippen molar-refractivity contribution in [3.05, 3.63) is 22.4 Å². The molecule has 4 nitrogen and oxygen atoms in total. The van der Waals surface area contributed by atoms with Crippen LogP contribution in [0.5, 0.6) is 0 Å². The van der Waals surface area contributed by atoms with Crippen LogP contribution in [0.4, 0.5) is 0 Å². The normalized spacial score (nSPS) is 37.6. The third-order valence-electron chi connectivity index (χ3n) is 5.87. The van der Waals surface area contributed by atoms with Gasteiger partial charge >= 0.3 is 0 Å². The van der Waals surface area contributed by atoms with Crippen molar-refractivity contribution in [2.45, 2.75) is 55.9 Å². The maximum atomic E-state index is 13.0. The fourth-order valence-corrected chi connectivity index (χ4v) is 5.32. The number of thiophene rings is 1. The summed E-state index contributed by atoms with van der Waals surface area (Å²) in [6, 6.07) is 3.19. The number of fused-ring (bicyclic) bond motifs is 1. The molecule has 3 aliphatic heterocycles. The van der Waals surface area contributed by atoms with Crippen LogP contribution in [0.25, 0.3) is 0 Å². The van der Waals surface area contributed by atoms with Gasteiger partial charge in [-0.2, -0.15) is 11.3 Å². The first-order chi connectivity index (χ1) is 10.3. The van der Waals surface area contributed by atoms with Crippen LogP contribution in [0, 0.1) is 0 Å². The fraction of sp³-hybridized carbons (Fsp3) is 0.688. The highest BCUT2D eigenvalue weighted by Gasteiger charge is 2.62. The first-order valence-corrected chi connectivity index (χ1v) is 9.09. The molecule has 0 bridgehead atoms. The Hall–Kier alpha value is -0.910. The van der Waals surface area contributed by atoms with E-state index in [1.807, 2.05) is 0 Å². The molecule has 3 atom stereocenters. The Bertz CT molecular complexity index is 568. The van der Waals surface area contributed by atoms with Gasteiger partial charge in [-0.3, -0.25) is 15.0 Å². The van der Waals surface area contributed by atoms with Gasteiger partial charge < -0.3 is 4.90 Å². The summed E-state index contributed by atoms with van der Waals surface area (Å²) < 4.78 is 0. The number of nitrogens with one attached hydrogen (secondary N) is 1. The zero-order valence-corrected chi connectivity index (χ0v) is 12.9. The minimum Gasteiger partial charge on any atom is -0.317 e. The quantitative estimate of drug-likeness (QED) is 0.907. The molecule has 3 saturated heterocycles. The first-order valence-electron chi connectivity index (χ1n) is 8.15. The van der Waals surface area contributed by atoms with E-state index in [1.54, 1.807) is 11.3 Å². The van der Waals surface area contributed by atoms with Crippen LogP contribution >= 0.6 is 11.3 Å². The largest absolute Gasteiger partial charge is 0.317 e. The first kappa shape index (κ1) is 12.6. The van der Waals surface area contributed by atoms with Crippen molar-refractivity contribution in [1.29, 1.82) is 0 Å². The maximum Gasteiger partial charge on any atom is 0.244 e. The molecule has 0 aromatic carbocycles. The molecule has 1 N–H and O–H groups in total. The van der Waals surface area contributed by atoms with Crippen LogP contribution in [0.2, 0.25) is 0 Å². The molecule has 0 radical (unpaired) electrons. The molecule has 5 rings (SSSR count). The SMILES string of the molecule is O=C1N(C2CCN3CCCC23)C(c2ccsc2)NC12CC2. The predicted molar refractivity (Wildman–Crippen MR) is 82.0 cm³/mol. The molecule has 3 unspecified atom stereocenters. The average Bonchev–Trinajstić information content (AvgIpc) is 2.93. The van der Waals surface area contributed by atoms with Crippen molar-refractivity contribution in [2.24, 2.45) is 0 Å². The van der Waals surface area contributed by atoms with Gasteiger partial charge in [-0.1, -0.05) is 0 Å². The molecule has 21 heavy (non-hydrogen) atoms. The molecule has 5 heteroatoms. The summed E-state index contributed by atoms with van der Waals surface area (Å²) in [7, 11) is 0. The van der Waals surface area contributed by atoms with E-state index in [2.05, 4.69) is 31.9 Å². The lowest BCUT2D eigenvalue weighted by Crippen LogP contribution is -2.46. The van der Waals surface area contributed by atoms with Crippen LogP contribution in [0.3, 0.4) is 0 Å². The molecular formula is C16H21N3OS. The van der Waals surface area contributed by atoms with E-state index in [1.165, 1.54) is 31.5 Å². The highest BCUT2D eigenvalue weighted by atomic mass is 32.1. The van der Waals surface area contributed by atoms with E-state index in [9.17, 15) is 4.79 Å². The average molecular weight is 303 g/mol. The number of nitrogens with zero attached hydrogens (tertiary/aromatic N) is 2. The highest BCUT2D eigenvalue weighted by molar-refractivity contribution is 7.08. The van der Waals surface area contributed by atoms with Gasteiger partial charge in [0.15, 0.2) is 0 Å². The summed E-state index contributed by atoms with van der Waals surface area (Å²) in [5.74, 6) is 0.373. The van der Waals surface area contributed by atoms with E-state index in [0.717, 1.165) is 19.3 Å². The van der Waals surface area contributed by atoms with Crippen molar-refractivity contribution in [1.82, 2.24) is 15.1 Å². The molecule has 1 aromatic rings. The number of amides is 1. The molecule has 4 aliphatic rings. The van der Waals surface area contributed by atoms with Crippen LogP contribution in [-0.4, -0.2) is 46.4 Å². The van der Waals surface area contributed by atoms with E-state index < -0.39 is 0 Å². The van der Waals surface area contributed by atoms with Crippen LogP contribution in [0.15, 0.2) is 16.8 Å². The molecule has 1 spiro atoms. The Kier molecular flexibility index (Phi) is 2.59. The number of hydrogen-bond acceptors (Lipinski definition) is 4. The summed E-state index contributed by atoms with van der Waals surface area (Å²) in [4.78, 5) is 17.8. The summed E-state index contributed by atoms with van der Waals surface area (Å²) in [5.41, 5.74) is 1.06. The van der Waals surface area contributed by atoms with Crippen molar-refractivity contribution in [2.75, 3.05) is 13.1 Å². The van der Waals surface area contributed by atoms with Gasteiger partial charge in [0, 0.05) is 12.6 Å². The molecular weight excluding hydrogens is 282 g/mol. The second-order valence-corrected chi connectivity index (χ2v) is 7.78. The van der Waals surface area contributed by atoms with Gasteiger partial charge in [0.05, 0.1) is 6.04 Å². The second kappa shape index (κ2) is 4.31. The van der Waals surface area contributed by atoms with Gasteiger partial charge in [-0.05, 0) is 61.0 Å². The van der Waals surface area contributed by atoms with Gasteiger partial charge in [-0.15, -0.1) is 0 Å². The van der Waals surface area contributed by atoms with E-state index in [0.29, 0.717) is 18.0 Å². The highest BCUT2D eigenvalue weighted by Crippen LogP contribution is 2.49. The van der Waals surface area contributed by atoms with Gasteiger partial charge in [0.1, 0.15) is 11.7 Å². The number of carbonyl (C=O) groups excluding carboxylic acids is 1. The Balaban J connectivity index is 1.51. The fourth-order valence-electron chi connectivity index (χ4n) is 4.64. The molecule has 4 heterocycles. The van der Waals surface area contributed by atoms with Gasteiger partial charge in [0.25, 0.3) is 0 Å². The van der Waals surface area contributed by atoms with E-state index in [-0.39, 0.29) is 11.7 Å². The lowest BCUT2D eigenvalue weighted by Gasteiger charge is -2.33. The lowest BCUT2D eigenvalue weighted by atomic mass is 10.0. The third kappa shape index (κ3) is 1.71. The van der Waals surface area contributed by atoms with E-state index in [4.69, 9.17) is 0 Å². The molecule has 112 valence electrons. The Morgan fingerprint density at radius 3 is 2.90 bits per heavy atom. The van der Waals surface area contributed by atoms with Crippen LogP contribution in [-0.2, 0) is 4.79 Å². The van der Waals surface area contributed by atoms with Crippen molar-refractivity contribution >= 4 is 17.2 Å².